The van der Waals surface area contributed by atoms with Crippen molar-refractivity contribution in [2.75, 3.05) is 6.54 Å². The molecule has 120 valence electrons. The number of nitrogens with one attached hydrogen (secondary N) is 2. The number of terminal acetylenes is 1. The minimum absolute atomic E-state index is 0.219. The molecule has 2 N–H and O–H groups in total. The Bertz CT molecular complexity index is 355. The van der Waals surface area contributed by atoms with Crippen LogP contribution in [0.15, 0.2) is 0 Å². The summed E-state index contributed by atoms with van der Waals surface area (Å²) in [5.74, 6) is 2.66. The van der Waals surface area contributed by atoms with E-state index in [0.717, 1.165) is 45.1 Å². The summed E-state index contributed by atoms with van der Waals surface area (Å²) in [6.07, 6.45) is 12.3. The lowest BCUT2D eigenvalue weighted by atomic mass is 9.91. The molecule has 1 rings (SSSR count). The molecule has 0 heterocycles. The SMILES string of the molecule is C#CCCCCNC1CCCC(NC(=O)OC(C)(C)C)C1. The summed E-state index contributed by atoms with van der Waals surface area (Å²) < 4.78 is 5.31. The molecule has 0 saturated heterocycles. The summed E-state index contributed by atoms with van der Waals surface area (Å²) in [6, 6.07) is 0.710. The van der Waals surface area contributed by atoms with Crippen LogP contribution in [-0.2, 0) is 4.74 Å². The lowest BCUT2D eigenvalue weighted by Crippen LogP contribution is -2.45. The van der Waals surface area contributed by atoms with Gasteiger partial charge < -0.3 is 15.4 Å². The van der Waals surface area contributed by atoms with Crippen LogP contribution in [0.2, 0.25) is 0 Å². The number of unbranched alkanes of at least 4 members (excludes halogenated alkanes) is 2. The van der Waals surface area contributed by atoms with Gasteiger partial charge in [-0.2, -0.15) is 0 Å². The van der Waals surface area contributed by atoms with Gasteiger partial charge in [0.2, 0.25) is 0 Å². The van der Waals surface area contributed by atoms with Crippen LogP contribution in [0, 0.1) is 12.3 Å². The summed E-state index contributed by atoms with van der Waals surface area (Å²) in [6.45, 7) is 6.65. The molecule has 2 unspecified atom stereocenters. The molecule has 0 aromatic rings. The zero-order valence-corrected chi connectivity index (χ0v) is 13.7. The van der Waals surface area contributed by atoms with E-state index in [9.17, 15) is 4.79 Å². The number of carbonyl (C=O) groups excluding carboxylic acids is 1. The summed E-state index contributed by atoms with van der Waals surface area (Å²) >= 11 is 0. The molecule has 0 bridgehead atoms. The average Bonchev–Trinajstić information content (AvgIpc) is 2.36. The fraction of sp³-hybridized carbons (Fsp3) is 0.824. The summed E-state index contributed by atoms with van der Waals surface area (Å²) in [5.41, 5.74) is -0.437. The first-order valence-corrected chi connectivity index (χ1v) is 8.07. The van der Waals surface area contributed by atoms with Crippen LogP contribution in [0.25, 0.3) is 0 Å². The minimum Gasteiger partial charge on any atom is -0.444 e. The Balaban J connectivity index is 2.22. The molecule has 0 aromatic heterocycles. The third-order valence-corrected chi connectivity index (χ3v) is 3.58. The summed E-state index contributed by atoms with van der Waals surface area (Å²) in [4.78, 5) is 11.8. The number of amides is 1. The maximum absolute atomic E-state index is 11.8. The molecule has 4 nitrogen and oxygen atoms in total. The predicted molar refractivity (Wildman–Crippen MR) is 86.1 cm³/mol. The highest BCUT2D eigenvalue weighted by atomic mass is 16.6. The molecule has 0 spiro atoms. The first-order valence-electron chi connectivity index (χ1n) is 8.07. The second-order valence-corrected chi connectivity index (χ2v) is 6.82. The quantitative estimate of drug-likeness (QED) is 0.584. The molecule has 1 aliphatic carbocycles. The Labute approximate surface area is 129 Å². The molecular formula is C17H30N2O2. The zero-order valence-electron chi connectivity index (χ0n) is 13.7. The zero-order chi connectivity index (χ0) is 15.7. The fourth-order valence-corrected chi connectivity index (χ4v) is 2.64. The molecule has 0 aliphatic heterocycles. The highest BCUT2D eigenvalue weighted by molar-refractivity contribution is 5.68. The van der Waals surface area contributed by atoms with E-state index in [0.29, 0.717) is 6.04 Å². The monoisotopic (exact) mass is 294 g/mol. The van der Waals surface area contributed by atoms with Crippen LogP contribution in [-0.4, -0.2) is 30.3 Å². The smallest absolute Gasteiger partial charge is 0.407 e. The van der Waals surface area contributed by atoms with E-state index in [2.05, 4.69) is 16.6 Å². The first kappa shape index (κ1) is 17.8. The summed E-state index contributed by atoms with van der Waals surface area (Å²) in [7, 11) is 0. The molecule has 2 atom stereocenters. The molecule has 4 heteroatoms. The van der Waals surface area contributed by atoms with Gasteiger partial charge in [0.25, 0.3) is 0 Å². The highest BCUT2D eigenvalue weighted by Gasteiger charge is 2.25. The molecule has 1 amide bonds. The Morgan fingerprint density at radius 1 is 1.29 bits per heavy atom. The van der Waals surface area contributed by atoms with Gasteiger partial charge in [-0.3, -0.25) is 0 Å². The maximum atomic E-state index is 11.8. The molecule has 0 aromatic carbocycles. The van der Waals surface area contributed by atoms with Crippen molar-refractivity contribution >= 4 is 6.09 Å². The van der Waals surface area contributed by atoms with Crippen LogP contribution >= 0.6 is 0 Å². The molecular weight excluding hydrogens is 264 g/mol. The van der Waals surface area contributed by atoms with Gasteiger partial charge in [-0.05, 0) is 65.8 Å². The molecule has 0 radical (unpaired) electrons. The van der Waals surface area contributed by atoms with Gasteiger partial charge in [0.1, 0.15) is 5.60 Å². The molecule has 1 aliphatic rings. The van der Waals surface area contributed by atoms with Gasteiger partial charge in [0, 0.05) is 18.5 Å². The Hall–Kier alpha value is -1.21. The second-order valence-electron chi connectivity index (χ2n) is 6.82. The van der Waals surface area contributed by atoms with Crippen molar-refractivity contribution in [2.45, 2.75) is 83.4 Å². The molecule has 21 heavy (non-hydrogen) atoms. The topological polar surface area (TPSA) is 50.4 Å². The Morgan fingerprint density at radius 2 is 2.00 bits per heavy atom. The third-order valence-electron chi connectivity index (χ3n) is 3.58. The number of hydrogen-bond acceptors (Lipinski definition) is 3. The van der Waals surface area contributed by atoms with E-state index < -0.39 is 5.60 Å². The lowest BCUT2D eigenvalue weighted by molar-refractivity contribution is 0.0488. The van der Waals surface area contributed by atoms with Gasteiger partial charge in [0.15, 0.2) is 0 Å². The van der Waals surface area contributed by atoms with E-state index in [1.807, 2.05) is 20.8 Å². The van der Waals surface area contributed by atoms with Crippen LogP contribution < -0.4 is 10.6 Å². The first-order chi connectivity index (χ1) is 9.90. The van der Waals surface area contributed by atoms with Crippen molar-refractivity contribution in [1.82, 2.24) is 10.6 Å². The Morgan fingerprint density at radius 3 is 2.67 bits per heavy atom. The van der Waals surface area contributed by atoms with E-state index in [4.69, 9.17) is 11.2 Å². The van der Waals surface area contributed by atoms with Gasteiger partial charge in [-0.25, -0.2) is 4.79 Å². The van der Waals surface area contributed by atoms with Crippen molar-refractivity contribution in [3.8, 4) is 12.3 Å². The van der Waals surface area contributed by atoms with Crippen molar-refractivity contribution in [3.05, 3.63) is 0 Å². The second kappa shape index (κ2) is 8.94. The normalized spacial score (nSPS) is 22.4. The van der Waals surface area contributed by atoms with Crippen molar-refractivity contribution < 1.29 is 9.53 Å². The number of carbonyl (C=O) groups is 1. The fourth-order valence-electron chi connectivity index (χ4n) is 2.64. The standard InChI is InChI=1S/C17H30N2O2/c1-5-6-7-8-12-18-14-10-9-11-15(13-14)19-16(20)21-17(2,3)4/h1,14-15,18H,6-13H2,2-4H3,(H,19,20). The number of rotatable bonds is 6. The highest BCUT2D eigenvalue weighted by Crippen LogP contribution is 2.19. The van der Waals surface area contributed by atoms with Crippen LogP contribution in [0.4, 0.5) is 4.79 Å². The molecule has 1 saturated carbocycles. The van der Waals surface area contributed by atoms with Gasteiger partial charge in [-0.1, -0.05) is 0 Å². The predicted octanol–water partition coefficient (Wildman–Crippen LogP) is 3.22. The maximum Gasteiger partial charge on any atom is 0.407 e. The van der Waals surface area contributed by atoms with Crippen LogP contribution in [0.1, 0.15) is 65.7 Å². The summed E-state index contributed by atoms with van der Waals surface area (Å²) in [5, 5.41) is 6.56. The van der Waals surface area contributed by atoms with Gasteiger partial charge >= 0.3 is 6.09 Å². The van der Waals surface area contributed by atoms with Crippen LogP contribution in [0.3, 0.4) is 0 Å². The lowest BCUT2D eigenvalue weighted by Gasteiger charge is -2.31. The largest absolute Gasteiger partial charge is 0.444 e. The van der Waals surface area contributed by atoms with Crippen molar-refractivity contribution in [1.29, 1.82) is 0 Å². The van der Waals surface area contributed by atoms with Gasteiger partial charge in [-0.15, -0.1) is 12.3 Å². The molecule has 1 fully saturated rings. The van der Waals surface area contributed by atoms with E-state index in [1.54, 1.807) is 0 Å². The number of alkyl carbamates (subject to hydrolysis) is 1. The van der Waals surface area contributed by atoms with Crippen LogP contribution in [0.5, 0.6) is 0 Å². The number of ether oxygens (including phenoxy) is 1. The van der Waals surface area contributed by atoms with E-state index in [-0.39, 0.29) is 12.1 Å². The Kier molecular flexibility index (Phi) is 7.60. The van der Waals surface area contributed by atoms with E-state index in [1.165, 1.54) is 6.42 Å². The van der Waals surface area contributed by atoms with Crippen molar-refractivity contribution in [2.24, 2.45) is 0 Å². The van der Waals surface area contributed by atoms with E-state index >= 15 is 0 Å². The van der Waals surface area contributed by atoms with Crippen molar-refractivity contribution in [3.63, 3.8) is 0 Å². The number of hydrogen-bond donors (Lipinski definition) is 2. The average molecular weight is 294 g/mol. The minimum atomic E-state index is -0.437. The van der Waals surface area contributed by atoms with Gasteiger partial charge in [0.05, 0.1) is 0 Å². The third kappa shape index (κ3) is 8.62.